The van der Waals surface area contributed by atoms with Gasteiger partial charge < -0.3 is 19.3 Å². The maximum absolute atomic E-state index is 11.5. The third-order valence-corrected chi connectivity index (χ3v) is 4.61. The molecular weight excluding hydrogens is 434 g/mol. The van der Waals surface area contributed by atoms with Gasteiger partial charge in [-0.15, -0.1) is 11.3 Å². The molecule has 0 aliphatic rings. The van der Waals surface area contributed by atoms with Crippen LogP contribution in [0.3, 0.4) is 0 Å². The molecule has 1 aromatic heterocycles. The standard InChI is InChI=1S/C19H22ClN3O6S/c1-4-27-15-7-12(6-14(20)17(15)29-11(3)18(25)26)9-21-23-19-22-13(10-30-19)8-16(24)28-5-2/h6-7,9-11H,4-5,8H2,1-3H3,(H,22,23)(H,25,26). The molecule has 0 amide bonds. The van der Waals surface area contributed by atoms with Crippen LogP contribution in [0, 0.1) is 0 Å². The first-order valence-electron chi connectivity index (χ1n) is 9.08. The number of carbonyl (C=O) groups is 2. The van der Waals surface area contributed by atoms with Gasteiger partial charge in [0.25, 0.3) is 0 Å². The van der Waals surface area contributed by atoms with Crippen molar-refractivity contribution < 1.29 is 28.9 Å². The predicted octanol–water partition coefficient (Wildman–Crippen LogP) is 3.60. The van der Waals surface area contributed by atoms with E-state index in [9.17, 15) is 9.59 Å². The highest BCUT2D eigenvalue weighted by molar-refractivity contribution is 7.13. The highest BCUT2D eigenvalue weighted by atomic mass is 35.5. The number of aromatic nitrogens is 1. The normalized spacial score (nSPS) is 11.9. The van der Waals surface area contributed by atoms with Crippen LogP contribution in [0.25, 0.3) is 0 Å². The average molecular weight is 456 g/mol. The summed E-state index contributed by atoms with van der Waals surface area (Å²) in [6.07, 6.45) is 0.515. The molecule has 2 rings (SSSR count). The molecule has 162 valence electrons. The number of carboxylic acids is 1. The zero-order valence-electron chi connectivity index (χ0n) is 16.7. The van der Waals surface area contributed by atoms with Gasteiger partial charge in [0.15, 0.2) is 17.6 Å². The van der Waals surface area contributed by atoms with Crippen LogP contribution in [0.2, 0.25) is 5.02 Å². The minimum atomic E-state index is -1.12. The van der Waals surface area contributed by atoms with Crippen LogP contribution >= 0.6 is 22.9 Å². The topological polar surface area (TPSA) is 119 Å². The quantitative estimate of drug-likeness (QED) is 0.299. The Morgan fingerprint density at radius 2 is 2.13 bits per heavy atom. The first-order valence-corrected chi connectivity index (χ1v) is 10.3. The number of nitrogens with one attached hydrogen (secondary N) is 1. The van der Waals surface area contributed by atoms with Gasteiger partial charge in [0, 0.05) is 5.38 Å². The fraction of sp³-hybridized carbons (Fsp3) is 0.368. The molecule has 0 aliphatic carbocycles. The number of halogens is 1. The number of nitrogens with zero attached hydrogens (tertiary/aromatic N) is 2. The molecule has 1 unspecified atom stereocenters. The number of ether oxygens (including phenoxy) is 3. The zero-order valence-corrected chi connectivity index (χ0v) is 18.2. The zero-order chi connectivity index (χ0) is 22.1. The van der Waals surface area contributed by atoms with Crippen LogP contribution in [0.1, 0.15) is 32.0 Å². The largest absolute Gasteiger partial charge is 0.490 e. The second kappa shape index (κ2) is 11.4. The summed E-state index contributed by atoms with van der Waals surface area (Å²) in [7, 11) is 0. The van der Waals surface area contributed by atoms with Crippen LogP contribution in [0.4, 0.5) is 5.13 Å². The summed E-state index contributed by atoms with van der Waals surface area (Å²) >= 11 is 7.56. The summed E-state index contributed by atoms with van der Waals surface area (Å²) in [5.41, 5.74) is 3.98. The fourth-order valence-corrected chi connectivity index (χ4v) is 3.15. The number of thiazole rings is 1. The van der Waals surface area contributed by atoms with Gasteiger partial charge in [0.1, 0.15) is 0 Å². The number of carbonyl (C=O) groups excluding carboxylic acids is 1. The van der Waals surface area contributed by atoms with Crippen molar-refractivity contribution in [2.24, 2.45) is 5.10 Å². The van der Waals surface area contributed by atoms with Crippen LogP contribution in [-0.4, -0.2) is 47.6 Å². The van der Waals surface area contributed by atoms with E-state index in [1.54, 1.807) is 31.4 Å². The van der Waals surface area contributed by atoms with Gasteiger partial charge in [-0.3, -0.25) is 10.2 Å². The number of hydrogen-bond donors (Lipinski definition) is 2. The molecule has 11 heteroatoms. The third kappa shape index (κ3) is 6.89. The van der Waals surface area contributed by atoms with Crippen molar-refractivity contribution in [3.8, 4) is 11.5 Å². The minimum absolute atomic E-state index is 0.0965. The Morgan fingerprint density at radius 3 is 2.80 bits per heavy atom. The molecule has 30 heavy (non-hydrogen) atoms. The first kappa shape index (κ1) is 23.4. The SMILES string of the molecule is CCOC(=O)Cc1csc(NN=Cc2cc(Cl)c(OC(C)C(=O)O)c(OCC)c2)n1. The van der Waals surface area contributed by atoms with Crippen LogP contribution in [-0.2, 0) is 20.7 Å². The maximum atomic E-state index is 11.5. The number of anilines is 1. The summed E-state index contributed by atoms with van der Waals surface area (Å²) in [5, 5.41) is 15.6. The van der Waals surface area contributed by atoms with E-state index in [4.69, 9.17) is 30.9 Å². The Kier molecular flexibility index (Phi) is 8.88. The lowest BCUT2D eigenvalue weighted by Crippen LogP contribution is -2.23. The van der Waals surface area contributed by atoms with Crippen LogP contribution in [0.15, 0.2) is 22.6 Å². The molecule has 0 spiro atoms. The van der Waals surface area contributed by atoms with Gasteiger partial charge in [-0.05, 0) is 38.5 Å². The summed E-state index contributed by atoms with van der Waals surface area (Å²) in [6.45, 7) is 5.60. The molecular formula is C19H22ClN3O6S. The second-order valence-electron chi connectivity index (χ2n) is 5.86. The van der Waals surface area contributed by atoms with E-state index in [-0.39, 0.29) is 23.2 Å². The van der Waals surface area contributed by atoms with Crippen molar-refractivity contribution in [2.45, 2.75) is 33.3 Å². The van der Waals surface area contributed by atoms with E-state index in [1.807, 2.05) is 0 Å². The third-order valence-electron chi connectivity index (χ3n) is 3.53. The number of hydrogen-bond acceptors (Lipinski definition) is 9. The van der Waals surface area contributed by atoms with Gasteiger partial charge in [0.2, 0.25) is 5.13 Å². The monoisotopic (exact) mass is 455 g/mol. The minimum Gasteiger partial charge on any atom is -0.490 e. The van der Waals surface area contributed by atoms with Crippen LogP contribution < -0.4 is 14.9 Å². The molecule has 2 aromatic rings. The van der Waals surface area contributed by atoms with Crippen molar-refractivity contribution >= 4 is 46.2 Å². The predicted molar refractivity (Wildman–Crippen MR) is 114 cm³/mol. The molecule has 9 nitrogen and oxygen atoms in total. The van der Waals surface area contributed by atoms with Gasteiger partial charge in [-0.2, -0.15) is 5.10 Å². The highest BCUT2D eigenvalue weighted by Gasteiger charge is 2.19. The first-order chi connectivity index (χ1) is 14.3. The van der Waals surface area contributed by atoms with Gasteiger partial charge >= 0.3 is 11.9 Å². The van der Waals surface area contributed by atoms with Crippen molar-refractivity contribution in [1.82, 2.24) is 4.98 Å². The summed E-state index contributed by atoms with van der Waals surface area (Å²) in [5.74, 6) is -0.989. The van der Waals surface area contributed by atoms with E-state index < -0.39 is 12.1 Å². The van der Waals surface area contributed by atoms with Crippen molar-refractivity contribution in [3.05, 3.63) is 33.8 Å². The fourth-order valence-electron chi connectivity index (χ4n) is 2.23. The summed E-state index contributed by atoms with van der Waals surface area (Å²) in [4.78, 5) is 26.8. The Morgan fingerprint density at radius 1 is 1.37 bits per heavy atom. The highest BCUT2D eigenvalue weighted by Crippen LogP contribution is 2.37. The van der Waals surface area contributed by atoms with E-state index in [0.29, 0.717) is 35.4 Å². The van der Waals surface area contributed by atoms with Crippen molar-refractivity contribution in [2.75, 3.05) is 18.6 Å². The van der Waals surface area contributed by atoms with Gasteiger partial charge in [-0.25, -0.2) is 9.78 Å². The molecule has 0 radical (unpaired) electrons. The molecule has 1 atom stereocenters. The number of carboxylic acid groups (broad SMARTS) is 1. The lowest BCUT2D eigenvalue weighted by molar-refractivity contribution is -0.144. The molecule has 0 saturated heterocycles. The molecule has 0 fully saturated rings. The molecule has 2 N–H and O–H groups in total. The summed E-state index contributed by atoms with van der Waals surface area (Å²) < 4.78 is 15.8. The molecule has 1 aromatic carbocycles. The lowest BCUT2D eigenvalue weighted by atomic mass is 10.2. The summed E-state index contributed by atoms with van der Waals surface area (Å²) in [6, 6.07) is 3.21. The number of benzene rings is 1. The van der Waals surface area contributed by atoms with Crippen molar-refractivity contribution in [3.63, 3.8) is 0 Å². The molecule has 1 heterocycles. The van der Waals surface area contributed by atoms with Gasteiger partial charge in [-0.1, -0.05) is 11.6 Å². The Hall–Kier alpha value is -2.85. The number of hydrazone groups is 1. The Balaban J connectivity index is 2.09. The molecule has 0 aliphatic heterocycles. The number of esters is 1. The van der Waals surface area contributed by atoms with E-state index >= 15 is 0 Å². The molecule has 0 bridgehead atoms. The number of aliphatic carboxylic acids is 1. The second-order valence-corrected chi connectivity index (χ2v) is 7.12. The average Bonchev–Trinajstić information content (AvgIpc) is 3.11. The maximum Gasteiger partial charge on any atom is 0.344 e. The van der Waals surface area contributed by atoms with E-state index in [0.717, 1.165) is 0 Å². The number of rotatable bonds is 11. The van der Waals surface area contributed by atoms with E-state index in [2.05, 4.69) is 15.5 Å². The Labute approximate surface area is 182 Å². The van der Waals surface area contributed by atoms with Crippen molar-refractivity contribution in [1.29, 1.82) is 0 Å². The van der Waals surface area contributed by atoms with Crippen LogP contribution in [0.5, 0.6) is 11.5 Å². The molecule has 0 saturated carbocycles. The lowest BCUT2D eigenvalue weighted by Gasteiger charge is -2.16. The van der Waals surface area contributed by atoms with Gasteiger partial charge in [0.05, 0.1) is 36.6 Å². The smallest absolute Gasteiger partial charge is 0.344 e. The van der Waals surface area contributed by atoms with E-state index in [1.165, 1.54) is 24.5 Å². The Bertz CT molecular complexity index is 918.